The van der Waals surface area contributed by atoms with Gasteiger partial charge < -0.3 is 10.2 Å². The van der Waals surface area contributed by atoms with E-state index in [1.54, 1.807) is 0 Å². The number of likely N-dealkylation sites (tertiary alicyclic amines) is 1. The fraction of sp³-hybridized carbons (Fsp3) is 0.714. The van der Waals surface area contributed by atoms with Crippen LogP contribution < -0.4 is 5.32 Å². The van der Waals surface area contributed by atoms with Crippen molar-refractivity contribution >= 4 is 15.9 Å². The third-order valence-electron chi connectivity index (χ3n) is 4.59. The van der Waals surface area contributed by atoms with Gasteiger partial charge in [-0.05, 0) is 33.1 Å². The summed E-state index contributed by atoms with van der Waals surface area (Å²) in [5.41, 5.74) is 3.00. The summed E-state index contributed by atoms with van der Waals surface area (Å²) in [6.45, 7) is 4.60. The maximum Gasteiger partial charge on any atom is 0.318 e. The zero-order valence-electron chi connectivity index (χ0n) is 12.9. The first-order valence-electron chi connectivity index (χ1n) is 7.66. The molecule has 3 heterocycles. The minimum absolute atomic E-state index is 0.0248. The van der Waals surface area contributed by atoms with E-state index in [2.05, 4.69) is 15.5 Å². The molecule has 3 rings (SSSR count). The predicted octanol–water partition coefficient (Wildman–Crippen LogP) is 1.06. The first kappa shape index (κ1) is 15.3. The van der Waals surface area contributed by atoms with Crippen molar-refractivity contribution in [3.8, 4) is 0 Å². The van der Waals surface area contributed by atoms with E-state index in [0.717, 1.165) is 29.8 Å². The molecule has 0 unspecified atom stereocenters. The maximum absolute atomic E-state index is 12.5. The van der Waals surface area contributed by atoms with Gasteiger partial charge in [-0.15, -0.1) is 0 Å². The van der Waals surface area contributed by atoms with E-state index in [1.807, 2.05) is 18.7 Å². The Bertz CT molecular complexity index is 663. The molecule has 8 heteroatoms. The summed E-state index contributed by atoms with van der Waals surface area (Å²) in [5.74, 6) is 0.225. The standard InChI is InChI=1S/C14H22N4O3S/c1-9-13(10(2)17-16-9)12-4-3-6-18(12)14(19)15-11-5-7-22(20,21)8-11/h11-12H,3-8H2,1-2H3,(H,15,19)(H,16,17)/t11-,12+/m1/s1. The van der Waals surface area contributed by atoms with Gasteiger partial charge >= 0.3 is 6.03 Å². The molecular formula is C14H22N4O3S. The number of carbonyl (C=O) groups excluding carboxylic acids is 1. The highest BCUT2D eigenvalue weighted by atomic mass is 32.2. The summed E-state index contributed by atoms with van der Waals surface area (Å²) in [6.07, 6.45) is 2.37. The fourth-order valence-electron chi connectivity index (χ4n) is 3.53. The second kappa shape index (κ2) is 5.57. The lowest BCUT2D eigenvalue weighted by molar-refractivity contribution is 0.189. The van der Waals surface area contributed by atoms with Crippen molar-refractivity contribution < 1.29 is 13.2 Å². The van der Waals surface area contributed by atoms with Crippen LogP contribution in [0.1, 0.15) is 42.3 Å². The SMILES string of the molecule is Cc1n[nH]c(C)c1[C@@H]1CCCN1C(=O)N[C@@H]1CCS(=O)(=O)C1. The first-order valence-corrected chi connectivity index (χ1v) is 9.48. The third kappa shape index (κ3) is 2.84. The Morgan fingerprint density at radius 3 is 2.73 bits per heavy atom. The minimum Gasteiger partial charge on any atom is -0.334 e. The van der Waals surface area contributed by atoms with Gasteiger partial charge in [0.2, 0.25) is 0 Å². The molecule has 22 heavy (non-hydrogen) atoms. The van der Waals surface area contributed by atoms with Gasteiger partial charge in [0.15, 0.2) is 9.84 Å². The molecule has 122 valence electrons. The van der Waals surface area contributed by atoms with Crippen LogP contribution >= 0.6 is 0 Å². The predicted molar refractivity (Wildman–Crippen MR) is 82.3 cm³/mol. The molecule has 2 aliphatic heterocycles. The Balaban J connectivity index is 1.72. The topological polar surface area (TPSA) is 95.2 Å². The van der Waals surface area contributed by atoms with Gasteiger partial charge in [-0.1, -0.05) is 0 Å². The summed E-state index contributed by atoms with van der Waals surface area (Å²) in [5, 5.41) is 10.1. The Morgan fingerprint density at radius 1 is 1.36 bits per heavy atom. The molecular weight excluding hydrogens is 304 g/mol. The highest BCUT2D eigenvalue weighted by Crippen LogP contribution is 2.34. The zero-order chi connectivity index (χ0) is 15.9. The van der Waals surface area contributed by atoms with E-state index >= 15 is 0 Å². The van der Waals surface area contributed by atoms with E-state index in [9.17, 15) is 13.2 Å². The van der Waals surface area contributed by atoms with Crippen molar-refractivity contribution in [2.45, 2.75) is 45.2 Å². The molecule has 0 bridgehead atoms. The van der Waals surface area contributed by atoms with Crippen LogP contribution in [0.5, 0.6) is 0 Å². The van der Waals surface area contributed by atoms with Crippen molar-refractivity contribution in [1.29, 1.82) is 0 Å². The van der Waals surface area contributed by atoms with E-state index in [0.29, 0.717) is 13.0 Å². The summed E-state index contributed by atoms with van der Waals surface area (Å²) < 4.78 is 23.0. The largest absolute Gasteiger partial charge is 0.334 e. The first-order chi connectivity index (χ1) is 10.4. The Labute approximate surface area is 130 Å². The lowest BCUT2D eigenvalue weighted by Crippen LogP contribution is -2.45. The number of hydrogen-bond donors (Lipinski definition) is 2. The van der Waals surface area contributed by atoms with Gasteiger partial charge in [0.1, 0.15) is 0 Å². The molecule has 2 aliphatic rings. The van der Waals surface area contributed by atoms with E-state index in [1.165, 1.54) is 0 Å². The molecule has 2 amide bonds. The number of sulfone groups is 1. The van der Waals surface area contributed by atoms with Gasteiger partial charge in [0.25, 0.3) is 0 Å². The highest BCUT2D eigenvalue weighted by Gasteiger charge is 2.35. The average Bonchev–Trinajstić information content (AvgIpc) is 3.10. The van der Waals surface area contributed by atoms with Gasteiger partial charge in [0.05, 0.1) is 23.2 Å². The number of rotatable bonds is 2. The van der Waals surface area contributed by atoms with Crippen molar-refractivity contribution in [3.05, 3.63) is 17.0 Å². The number of urea groups is 1. The summed E-state index contributed by atoms with van der Waals surface area (Å²) >= 11 is 0. The lowest BCUT2D eigenvalue weighted by atomic mass is 10.0. The Kier molecular flexibility index (Phi) is 3.88. The normalized spacial score (nSPS) is 27.3. The molecule has 1 aromatic heterocycles. The molecule has 2 saturated heterocycles. The molecule has 2 N–H and O–H groups in total. The van der Waals surface area contributed by atoms with Crippen molar-refractivity contribution in [1.82, 2.24) is 20.4 Å². The van der Waals surface area contributed by atoms with Crippen LogP contribution in [0.15, 0.2) is 0 Å². The second-order valence-corrected chi connectivity index (χ2v) is 8.48. The van der Waals surface area contributed by atoms with Crippen molar-refractivity contribution in [2.24, 2.45) is 0 Å². The lowest BCUT2D eigenvalue weighted by Gasteiger charge is -2.27. The summed E-state index contributed by atoms with van der Waals surface area (Å²) in [6, 6.07) is -0.397. The minimum atomic E-state index is -2.98. The van der Waals surface area contributed by atoms with Crippen LogP contribution in [0.3, 0.4) is 0 Å². The van der Waals surface area contributed by atoms with Gasteiger partial charge in [-0.25, -0.2) is 13.2 Å². The fourth-order valence-corrected chi connectivity index (χ4v) is 5.20. The van der Waals surface area contributed by atoms with E-state index in [4.69, 9.17) is 0 Å². The zero-order valence-corrected chi connectivity index (χ0v) is 13.7. The van der Waals surface area contributed by atoms with E-state index in [-0.39, 0.29) is 29.6 Å². The number of aryl methyl sites for hydroxylation is 2. The number of nitrogens with one attached hydrogen (secondary N) is 2. The molecule has 0 spiro atoms. The molecule has 0 aliphatic carbocycles. The summed E-state index contributed by atoms with van der Waals surface area (Å²) in [7, 11) is -2.98. The third-order valence-corrected chi connectivity index (χ3v) is 6.36. The molecule has 1 aromatic rings. The average molecular weight is 326 g/mol. The molecule has 0 aromatic carbocycles. The molecule has 2 fully saturated rings. The number of aromatic amines is 1. The van der Waals surface area contributed by atoms with Gasteiger partial charge in [-0.2, -0.15) is 5.10 Å². The molecule has 0 saturated carbocycles. The number of nitrogens with zero attached hydrogens (tertiary/aromatic N) is 2. The van der Waals surface area contributed by atoms with Crippen LogP contribution in [-0.4, -0.2) is 53.6 Å². The molecule has 2 atom stereocenters. The van der Waals surface area contributed by atoms with Crippen LogP contribution in [-0.2, 0) is 9.84 Å². The Hall–Kier alpha value is -1.57. The number of carbonyl (C=O) groups is 1. The number of H-pyrrole nitrogens is 1. The van der Waals surface area contributed by atoms with E-state index < -0.39 is 9.84 Å². The number of amides is 2. The van der Waals surface area contributed by atoms with Crippen LogP contribution in [0, 0.1) is 13.8 Å². The number of aromatic nitrogens is 2. The van der Waals surface area contributed by atoms with Crippen molar-refractivity contribution in [3.63, 3.8) is 0 Å². The quantitative estimate of drug-likeness (QED) is 0.849. The van der Waals surface area contributed by atoms with Crippen LogP contribution in [0.25, 0.3) is 0 Å². The summed E-state index contributed by atoms with van der Waals surface area (Å²) in [4.78, 5) is 14.3. The Morgan fingerprint density at radius 2 is 2.14 bits per heavy atom. The van der Waals surface area contributed by atoms with Crippen LogP contribution in [0.2, 0.25) is 0 Å². The smallest absolute Gasteiger partial charge is 0.318 e. The number of hydrogen-bond acceptors (Lipinski definition) is 4. The highest BCUT2D eigenvalue weighted by molar-refractivity contribution is 7.91. The second-order valence-electron chi connectivity index (χ2n) is 6.25. The van der Waals surface area contributed by atoms with Gasteiger partial charge in [0, 0.05) is 23.8 Å². The van der Waals surface area contributed by atoms with Crippen LogP contribution in [0.4, 0.5) is 4.79 Å². The monoisotopic (exact) mass is 326 g/mol. The van der Waals surface area contributed by atoms with Gasteiger partial charge in [-0.3, -0.25) is 5.10 Å². The molecule has 0 radical (unpaired) electrons. The maximum atomic E-state index is 12.5. The van der Waals surface area contributed by atoms with Crippen molar-refractivity contribution in [2.75, 3.05) is 18.1 Å². The molecule has 7 nitrogen and oxygen atoms in total.